The number of methoxy groups -OCH3 is 1. The van der Waals surface area contributed by atoms with Crippen LogP contribution >= 0.6 is 11.6 Å². The molecule has 88 valence electrons. The zero-order valence-corrected chi connectivity index (χ0v) is 10.1. The maximum absolute atomic E-state index is 11.6. The molecule has 1 aromatic heterocycles. The fourth-order valence-electron chi connectivity index (χ4n) is 1.79. The summed E-state index contributed by atoms with van der Waals surface area (Å²) >= 11 is 5.20. The molecule has 0 amide bonds. The largest absolute Gasteiger partial charge is 0.497 e. The summed E-state index contributed by atoms with van der Waals surface area (Å²) in [6.07, 6.45) is 1.49. The summed E-state index contributed by atoms with van der Waals surface area (Å²) in [6.45, 7) is 1.89. The van der Waals surface area contributed by atoms with E-state index in [0.29, 0.717) is 11.1 Å². The molecule has 0 bridgehead atoms. The van der Waals surface area contributed by atoms with Crippen LogP contribution in [0.15, 0.2) is 18.3 Å². The predicted molar refractivity (Wildman–Crippen MR) is 64.8 cm³/mol. The number of aryl methyl sites for hydroxylation is 1. The Kier molecular flexibility index (Phi) is 2.90. The maximum Gasteiger partial charge on any atom is 0.293 e. The number of benzene rings is 1. The molecule has 0 atom stereocenters. The van der Waals surface area contributed by atoms with Crippen LogP contribution in [0.3, 0.4) is 0 Å². The number of ketones is 1. The molecule has 0 aliphatic heterocycles. The molecule has 2 rings (SSSR count). The van der Waals surface area contributed by atoms with Crippen molar-refractivity contribution in [1.82, 2.24) is 4.98 Å². The molecular weight excluding hydrogens is 242 g/mol. The van der Waals surface area contributed by atoms with E-state index in [9.17, 15) is 9.59 Å². The normalized spacial score (nSPS) is 10.5. The van der Waals surface area contributed by atoms with E-state index in [2.05, 4.69) is 4.98 Å². The molecule has 0 saturated heterocycles. The second-order valence-electron chi connectivity index (χ2n) is 3.67. The van der Waals surface area contributed by atoms with E-state index in [4.69, 9.17) is 16.3 Å². The van der Waals surface area contributed by atoms with Crippen LogP contribution in [0.4, 0.5) is 0 Å². The van der Waals surface area contributed by atoms with Gasteiger partial charge in [0.2, 0.25) is 5.78 Å². The molecule has 2 aromatic rings. The monoisotopic (exact) mass is 251 g/mol. The number of aromatic nitrogens is 1. The van der Waals surface area contributed by atoms with E-state index >= 15 is 0 Å². The SMILES string of the molecule is COc1cc(C)c2[nH]cc(C(=O)C(=O)Cl)c2c1. The molecular formula is C12H10ClNO3. The zero-order chi connectivity index (χ0) is 12.6. The zero-order valence-electron chi connectivity index (χ0n) is 9.33. The second kappa shape index (κ2) is 4.22. The van der Waals surface area contributed by atoms with Crippen LogP contribution in [0.1, 0.15) is 15.9 Å². The first-order chi connectivity index (χ1) is 8.04. The fourth-order valence-corrected chi connectivity index (χ4v) is 1.89. The van der Waals surface area contributed by atoms with Crippen LogP contribution in [-0.2, 0) is 4.79 Å². The Bertz CT molecular complexity index is 615. The van der Waals surface area contributed by atoms with Gasteiger partial charge in [0.15, 0.2) is 0 Å². The van der Waals surface area contributed by atoms with E-state index in [-0.39, 0.29) is 5.56 Å². The highest BCUT2D eigenvalue weighted by Crippen LogP contribution is 2.27. The molecule has 1 aromatic carbocycles. The smallest absolute Gasteiger partial charge is 0.293 e. The van der Waals surface area contributed by atoms with Gasteiger partial charge in [-0.05, 0) is 36.2 Å². The minimum Gasteiger partial charge on any atom is -0.497 e. The summed E-state index contributed by atoms with van der Waals surface area (Å²) in [7, 11) is 1.54. The third-order valence-electron chi connectivity index (χ3n) is 2.62. The van der Waals surface area contributed by atoms with Gasteiger partial charge in [-0.3, -0.25) is 9.59 Å². The van der Waals surface area contributed by atoms with Crippen LogP contribution in [-0.4, -0.2) is 23.1 Å². The summed E-state index contributed by atoms with van der Waals surface area (Å²) in [5.41, 5.74) is 1.99. The Labute approximate surface area is 103 Å². The summed E-state index contributed by atoms with van der Waals surface area (Å²) in [6, 6.07) is 3.54. The van der Waals surface area contributed by atoms with E-state index in [0.717, 1.165) is 11.1 Å². The number of H-pyrrole nitrogens is 1. The Morgan fingerprint density at radius 3 is 2.65 bits per heavy atom. The molecule has 5 heteroatoms. The molecule has 1 heterocycles. The number of aromatic amines is 1. The average molecular weight is 252 g/mol. The highest BCUT2D eigenvalue weighted by atomic mass is 35.5. The molecule has 0 fully saturated rings. The van der Waals surface area contributed by atoms with E-state index in [1.807, 2.05) is 13.0 Å². The van der Waals surface area contributed by atoms with Crippen molar-refractivity contribution in [1.29, 1.82) is 0 Å². The van der Waals surface area contributed by atoms with Crippen molar-refractivity contribution < 1.29 is 14.3 Å². The molecule has 4 nitrogen and oxygen atoms in total. The number of ether oxygens (including phenoxy) is 1. The molecule has 0 spiro atoms. The van der Waals surface area contributed by atoms with Gasteiger partial charge in [0.25, 0.3) is 5.24 Å². The van der Waals surface area contributed by atoms with Crippen LogP contribution in [0.25, 0.3) is 10.9 Å². The molecule has 17 heavy (non-hydrogen) atoms. The minimum absolute atomic E-state index is 0.266. The van der Waals surface area contributed by atoms with Gasteiger partial charge in [0.05, 0.1) is 12.7 Å². The van der Waals surface area contributed by atoms with Crippen molar-refractivity contribution in [2.24, 2.45) is 0 Å². The molecule has 1 N–H and O–H groups in total. The number of rotatable bonds is 3. The first kappa shape index (κ1) is 11.7. The summed E-state index contributed by atoms with van der Waals surface area (Å²) in [5.74, 6) is -0.0868. The number of carbonyl (C=O) groups is 2. The molecule has 0 saturated carbocycles. The van der Waals surface area contributed by atoms with Gasteiger partial charge in [0.1, 0.15) is 5.75 Å². The lowest BCUT2D eigenvalue weighted by Crippen LogP contribution is -2.06. The summed E-state index contributed by atoms with van der Waals surface area (Å²) in [4.78, 5) is 25.4. The lowest BCUT2D eigenvalue weighted by Gasteiger charge is -2.03. The standard InChI is InChI=1S/C12H10ClNO3/c1-6-3-7(17-2)4-8-9(5-14-10(6)8)11(15)12(13)16/h3-5,14H,1-2H3. The number of nitrogens with one attached hydrogen (secondary N) is 1. The number of halogens is 1. The Morgan fingerprint density at radius 2 is 2.06 bits per heavy atom. The van der Waals surface area contributed by atoms with Gasteiger partial charge >= 0.3 is 0 Å². The average Bonchev–Trinajstić information content (AvgIpc) is 2.71. The van der Waals surface area contributed by atoms with E-state index < -0.39 is 11.0 Å². The first-order valence-corrected chi connectivity index (χ1v) is 5.32. The van der Waals surface area contributed by atoms with Crippen molar-refractivity contribution in [2.45, 2.75) is 6.92 Å². The van der Waals surface area contributed by atoms with Gasteiger partial charge in [0, 0.05) is 17.1 Å². The van der Waals surface area contributed by atoms with Crippen LogP contribution in [0.2, 0.25) is 0 Å². The number of hydrogen-bond donors (Lipinski definition) is 1. The number of Topliss-reactive ketones (excluding diaryl/α,β-unsaturated/α-hetero) is 1. The van der Waals surface area contributed by atoms with Gasteiger partial charge in [-0.2, -0.15) is 0 Å². The van der Waals surface area contributed by atoms with Gasteiger partial charge in [-0.1, -0.05) is 0 Å². The lowest BCUT2D eigenvalue weighted by molar-refractivity contribution is -0.108. The van der Waals surface area contributed by atoms with Crippen molar-refractivity contribution in [3.63, 3.8) is 0 Å². The quantitative estimate of drug-likeness (QED) is 0.518. The van der Waals surface area contributed by atoms with Crippen molar-refractivity contribution >= 4 is 33.5 Å². The lowest BCUT2D eigenvalue weighted by atomic mass is 10.1. The minimum atomic E-state index is -0.994. The van der Waals surface area contributed by atoms with Crippen molar-refractivity contribution in [3.8, 4) is 5.75 Å². The number of fused-ring (bicyclic) bond motifs is 1. The maximum atomic E-state index is 11.6. The summed E-state index contributed by atoms with van der Waals surface area (Å²) in [5, 5.41) is -0.354. The summed E-state index contributed by atoms with van der Waals surface area (Å²) < 4.78 is 5.12. The predicted octanol–water partition coefficient (Wildman–Crippen LogP) is 2.43. The van der Waals surface area contributed by atoms with E-state index in [1.54, 1.807) is 13.2 Å². The highest BCUT2D eigenvalue weighted by molar-refractivity contribution is 6.83. The second-order valence-corrected chi connectivity index (χ2v) is 4.02. The Balaban J connectivity index is 2.71. The fraction of sp³-hybridized carbons (Fsp3) is 0.167. The third kappa shape index (κ3) is 1.91. The molecule has 0 unspecified atom stereocenters. The molecule has 0 aliphatic rings. The van der Waals surface area contributed by atoms with Crippen LogP contribution in [0.5, 0.6) is 5.75 Å². The Hall–Kier alpha value is -1.81. The van der Waals surface area contributed by atoms with Crippen molar-refractivity contribution in [2.75, 3.05) is 7.11 Å². The topological polar surface area (TPSA) is 59.2 Å². The number of hydrogen-bond acceptors (Lipinski definition) is 3. The first-order valence-electron chi connectivity index (χ1n) is 4.94. The van der Waals surface area contributed by atoms with Crippen LogP contribution in [0, 0.1) is 6.92 Å². The van der Waals surface area contributed by atoms with E-state index in [1.165, 1.54) is 6.20 Å². The molecule has 0 radical (unpaired) electrons. The van der Waals surface area contributed by atoms with Gasteiger partial charge < -0.3 is 9.72 Å². The van der Waals surface area contributed by atoms with Gasteiger partial charge in [-0.25, -0.2) is 0 Å². The third-order valence-corrected chi connectivity index (χ3v) is 2.79. The van der Waals surface area contributed by atoms with Crippen molar-refractivity contribution in [3.05, 3.63) is 29.5 Å². The van der Waals surface area contributed by atoms with Crippen LogP contribution < -0.4 is 4.74 Å². The molecule has 0 aliphatic carbocycles. The highest BCUT2D eigenvalue weighted by Gasteiger charge is 2.19. The Morgan fingerprint density at radius 1 is 1.35 bits per heavy atom. The van der Waals surface area contributed by atoms with Gasteiger partial charge in [-0.15, -0.1) is 0 Å². The number of carbonyl (C=O) groups excluding carboxylic acids is 2.